The summed E-state index contributed by atoms with van der Waals surface area (Å²) in [5.41, 5.74) is 4.21. The first kappa shape index (κ1) is 15.1. The maximum absolute atomic E-state index is 13.3. The standard InChI is InChI=1S/C20H13FN4/c21-17-5-3-14(4-6-17)18-13-24-20(16-2-1-9-23-12-16)25-19(18)15-7-10-22-11-8-15/h1-13H. The normalized spacial score (nSPS) is 10.6. The van der Waals surface area contributed by atoms with Crippen molar-refractivity contribution in [3.8, 4) is 33.8 Å². The summed E-state index contributed by atoms with van der Waals surface area (Å²) in [7, 11) is 0. The Kier molecular flexibility index (Phi) is 3.96. The Morgan fingerprint density at radius 1 is 0.680 bits per heavy atom. The van der Waals surface area contributed by atoms with Gasteiger partial charge < -0.3 is 0 Å². The summed E-state index contributed by atoms with van der Waals surface area (Å²) in [6, 6.07) is 13.9. The van der Waals surface area contributed by atoms with Gasteiger partial charge in [0.25, 0.3) is 0 Å². The summed E-state index contributed by atoms with van der Waals surface area (Å²) < 4.78 is 13.3. The molecule has 0 spiro atoms. The average Bonchev–Trinajstić information content (AvgIpc) is 2.70. The number of benzene rings is 1. The summed E-state index contributed by atoms with van der Waals surface area (Å²) in [6.45, 7) is 0. The molecular weight excluding hydrogens is 315 g/mol. The lowest BCUT2D eigenvalue weighted by Crippen LogP contribution is -1.96. The molecule has 5 heteroatoms. The van der Waals surface area contributed by atoms with Crippen LogP contribution in [0.15, 0.2) is 79.5 Å². The smallest absolute Gasteiger partial charge is 0.161 e. The van der Waals surface area contributed by atoms with Crippen LogP contribution in [0, 0.1) is 5.82 Å². The molecule has 0 aliphatic carbocycles. The number of rotatable bonds is 3. The summed E-state index contributed by atoms with van der Waals surface area (Å²) >= 11 is 0. The lowest BCUT2D eigenvalue weighted by Gasteiger charge is -2.11. The molecule has 3 heterocycles. The van der Waals surface area contributed by atoms with Gasteiger partial charge in [-0.15, -0.1) is 0 Å². The maximum atomic E-state index is 13.3. The summed E-state index contributed by atoms with van der Waals surface area (Å²) in [6.07, 6.45) is 8.63. The van der Waals surface area contributed by atoms with Gasteiger partial charge in [-0.25, -0.2) is 14.4 Å². The molecular formula is C20H13FN4. The highest BCUT2D eigenvalue weighted by Crippen LogP contribution is 2.31. The lowest BCUT2D eigenvalue weighted by molar-refractivity contribution is 0.628. The van der Waals surface area contributed by atoms with Crippen molar-refractivity contribution in [2.75, 3.05) is 0 Å². The fourth-order valence-corrected chi connectivity index (χ4v) is 2.59. The van der Waals surface area contributed by atoms with Crippen LogP contribution in [0.3, 0.4) is 0 Å². The van der Waals surface area contributed by atoms with Crippen LogP contribution < -0.4 is 0 Å². The van der Waals surface area contributed by atoms with E-state index < -0.39 is 0 Å². The predicted octanol–water partition coefficient (Wildman–Crippen LogP) is 4.41. The van der Waals surface area contributed by atoms with E-state index in [0.717, 1.165) is 27.9 Å². The van der Waals surface area contributed by atoms with Gasteiger partial charge in [-0.05, 0) is 42.0 Å². The molecule has 0 saturated heterocycles. The van der Waals surface area contributed by atoms with Crippen LogP contribution in [-0.2, 0) is 0 Å². The van der Waals surface area contributed by atoms with Gasteiger partial charge in [0.05, 0.1) is 5.69 Å². The Hall–Kier alpha value is -3.47. The molecule has 0 N–H and O–H groups in total. The highest BCUT2D eigenvalue weighted by Gasteiger charge is 2.13. The van der Waals surface area contributed by atoms with Crippen LogP contribution in [0.5, 0.6) is 0 Å². The van der Waals surface area contributed by atoms with Crippen molar-refractivity contribution in [2.45, 2.75) is 0 Å². The first-order chi connectivity index (χ1) is 12.3. The molecule has 0 bridgehead atoms. The molecule has 0 aliphatic rings. The van der Waals surface area contributed by atoms with E-state index >= 15 is 0 Å². The molecule has 0 fully saturated rings. The molecule has 4 aromatic rings. The Morgan fingerprint density at radius 3 is 2.20 bits per heavy atom. The van der Waals surface area contributed by atoms with Crippen molar-refractivity contribution < 1.29 is 4.39 Å². The fraction of sp³-hybridized carbons (Fsp3) is 0. The van der Waals surface area contributed by atoms with Gasteiger partial charge >= 0.3 is 0 Å². The average molecular weight is 328 g/mol. The third-order valence-electron chi connectivity index (χ3n) is 3.82. The second-order valence-electron chi connectivity index (χ2n) is 5.44. The number of halogens is 1. The van der Waals surface area contributed by atoms with E-state index in [9.17, 15) is 4.39 Å². The minimum Gasteiger partial charge on any atom is -0.265 e. The molecule has 0 unspecified atom stereocenters. The van der Waals surface area contributed by atoms with E-state index in [1.807, 2.05) is 24.3 Å². The van der Waals surface area contributed by atoms with E-state index in [1.165, 1.54) is 12.1 Å². The molecule has 0 atom stereocenters. The highest BCUT2D eigenvalue weighted by molar-refractivity contribution is 5.81. The predicted molar refractivity (Wildman–Crippen MR) is 93.9 cm³/mol. The van der Waals surface area contributed by atoms with Gasteiger partial charge in [-0.2, -0.15) is 0 Å². The van der Waals surface area contributed by atoms with Gasteiger partial charge in [-0.3, -0.25) is 9.97 Å². The Labute approximate surface area is 144 Å². The zero-order chi connectivity index (χ0) is 17.1. The Bertz CT molecular complexity index is 987. The highest BCUT2D eigenvalue weighted by atomic mass is 19.1. The van der Waals surface area contributed by atoms with Gasteiger partial charge in [0.2, 0.25) is 0 Å². The fourth-order valence-electron chi connectivity index (χ4n) is 2.59. The van der Waals surface area contributed by atoms with Crippen molar-refractivity contribution in [2.24, 2.45) is 0 Å². The first-order valence-corrected chi connectivity index (χ1v) is 7.75. The quantitative estimate of drug-likeness (QED) is 0.559. The number of aromatic nitrogens is 4. The molecule has 120 valence electrons. The molecule has 0 amide bonds. The Morgan fingerprint density at radius 2 is 1.48 bits per heavy atom. The van der Waals surface area contributed by atoms with Crippen LogP contribution >= 0.6 is 0 Å². The number of hydrogen-bond acceptors (Lipinski definition) is 4. The van der Waals surface area contributed by atoms with Gasteiger partial charge in [0, 0.05) is 47.7 Å². The summed E-state index contributed by atoms with van der Waals surface area (Å²) in [5, 5.41) is 0. The monoisotopic (exact) mass is 328 g/mol. The van der Waals surface area contributed by atoms with E-state index in [4.69, 9.17) is 4.98 Å². The van der Waals surface area contributed by atoms with Crippen LogP contribution in [0.1, 0.15) is 0 Å². The van der Waals surface area contributed by atoms with Crippen molar-refractivity contribution in [1.29, 1.82) is 0 Å². The molecule has 0 aliphatic heterocycles. The SMILES string of the molecule is Fc1ccc(-c2cnc(-c3cccnc3)nc2-c2ccncc2)cc1. The van der Waals surface area contributed by atoms with Crippen LogP contribution in [0.2, 0.25) is 0 Å². The van der Waals surface area contributed by atoms with E-state index in [2.05, 4.69) is 15.0 Å². The molecule has 25 heavy (non-hydrogen) atoms. The minimum absolute atomic E-state index is 0.276. The maximum Gasteiger partial charge on any atom is 0.161 e. The van der Waals surface area contributed by atoms with Gasteiger partial charge in [-0.1, -0.05) is 12.1 Å². The van der Waals surface area contributed by atoms with Gasteiger partial charge in [0.1, 0.15) is 5.82 Å². The number of hydrogen-bond donors (Lipinski definition) is 0. The van der Waals surface area contributed by atoms with Crippen molar-refractivity contribution in [3.05, 3.63) is 85.3 Å². The zero-order valence-corrected chi connectivity index (χ0v) is 13.2. The van der Waals surface area contributed by atoms with E-state index in [1.54, 1.807) is 43.1 Å². The number of pyridine rings is 2. The molecule has 4 rings (SSSR count). The largest absolute Gasteiger partial charge is 0.265 e. The minimum atomic E-state index is -0.276. The lowest BCUT2D eigenvalue weighted by atomic mass is 10.0. The molecule has 0 saturated carbocycles. The van der Waals surface area contributed by atoms with Crippen molar-refractivity contribution in [1.82, 2.24) is 19.9 Å². The first-order valence-electron chi connectivity index (χ1n) is 7.75. The molecule has 1 aromatic carbocycles. The number of nitrogens with zero attached hydrogens (tertiary/aromatic N) is 4. The van der Waals surface area contributed by atoms with E-state index in [0.29, 0.717) is 5.82 Å². The van der Waals surface area contributed by atoms with Gasteiger partial charge in [0.15, 0.2) is 5.82 Å². The van der Waals surface area contributed by atoms with Crippen molar-refractivity contribution in [3.63, 3.8) is 0 Å². The molecule has 0 radical (unpaired) electrons. The topological polar surface area (TPSA) is 51.6 Å². The summed E-state index contributed by atoms with van der Waals surface area (Å²) in [4.78, 5) is 17.4. The van der Waals surface area contributed by atoms with Crippen LogP contribution in [-0.4, -0.2) is 19.9 Å². The Balaban J connectivity index is 1.91. The molecule has 4 nitrogen and oxygen atoms in total. The van der Waals surface area contributed by atoms with Crippen molar-refractivity contribution >= 4 is 0 Å². The van der Waals surface area contributed by atoms with Crippen LogP contribution in [0.25, 0.3) is 33.8 Å². The second kappa shape index (κ2) is 6.57. The summed E-state index contributed by atoms with van der Waals surface area (Å²) in [5.74, 6) is 0.313. The zero-order valence-electron chi connectivity index (χ0n) is 13.2. The van der Waals surface area contributed by atoms with Crippen LogP contribution in [0.4, 0.5) is 4.39 Å². The third-order valence-corrected chi connectivity index (χ3v) is 3.82. The van der Waals surface area contributed by atoms with E-state index in [-0.39, 0.29) is 5.82 Å². The third kappa shape index (κ3) is 3.12. The second-order valence-corrected chi connectivity index (χ2v) is 5.44. The molecule has 3 aromatic heterocycles.